The molecule has 2 aromatic carbocycles. The molecule has 0 saturated carbocycles. The molecule has 0 fully saturated rings. The van der Waals surface area contributed by atoms with Gasteiger partial charge >= 0.3 is 11.9 Å². The van der Waals surface area contributed by atoms with Crippen molar-refractivity contribution in [3.63, 3.8) is 0 Å². The molecule has 1 heterocycles. The Hall–Kier alpha value is -2.88. The zero-order valence-corrected chi connectivity index (χ0v) is 12.4. The van der Waals surface area contributed by atoms with Gasteiger partial charge in [-0.25, -0.2) is 0 Å². The Balaban J connectivity index is 1.91. The smallest absolute Gasteiger partial charge is 0.315 e. The third-order valence-corrected chi connectivity index (χ3v) is 3.92. The van der Waals surface area contributed by atoms with Crippen molar-refractivity contribution in [2.24, 2.45) is 11.8 Å². The number of benzene rings is 2. The molecule has 0 aromatic heterocycles. The fraction of sp³-hybridized carbons (Fsp3) is 0.158. The first-order chi connectivity index (χ1) is 11.1. The second-order valence-corrected chi connectivity index (χ2v) is 5.48. The summed E-state index contributed by atoms with van der Waals surface area (Å²) in [5.41, 5.74) is 1.61. The van der Waals surface area contributed by atoms with Crippen molar-refractivity contribution < 1.29 is 19.4 Å². The fourth-order valence-electron chi connectivity index (χ4n) is 2.72. The summed E-state index contributed by atoms with van der Waals surface area (Å²) in [4.78, 5) is 24.0. The van der Waals surface area contributed by atoms with Crippen LogP contribution in [0, 0.1) is 11.8 Å². The highest BCUT2D eigenvalue weighted by Gasteiger charge is 2.38. The highest BCUT2D eigenvalue weighted by atomic mass is 16.5. The van der Waals surface area contributed by atoms with Crippen LogP contribution >= 0.6 is 0 Å². The van der Waals surface area contributed by atoms with E-state index in [9.17, 15) is 14.7 Å². The monoisotopic (exact) mass is 308 g/mol. The molecule has 0 aliphatic carbocycles. The lowest BCUT2D eigenvalue weighted by atomic mass is 9.84. The maximum atomic E-state index is 12.4. The molecule has 4 heteroatoms. The van der Waals surface area contributed by atoms with E-state index in [-0.39, 0.29) is 0 Å². The second kappa shape index (κ2) is 6.48. The maximum absolute atomic E-state index is 12.4. The first kappa shape index (κ1) is 15.0. The van der Waals surface area contributed by atoms with Crippen molar-refractivity contribution in [2.75, 3.05) is 0 Å². The third kappa shape index (κ3) is 3.31. The van der Waals surface area contributed by atoms with Crippen LogP contribution in [0.3, 0.4) is 0 Å². The van der Waals surface area contributed by atoms with Gasteiger partial charge in [-0.05, 0) is 18.1 Å². The quantitative estimate of drug-likeness (QED) is 0.881. The molecule has 0 saturated heterocycles. The van der Waals surface area contributed by atoms with Gasteiger partial charge in [-0.1, -0.05) is 60.7 Å². The van der Waals surface area contributed by atoms with Gasteiger partial charge in [-0.2, -0.15) is 0 Å². The Bertz CT molecular complexity index is 734. The van der Waals surface area contributed by atoms with Gasteiger partial charge in [0.25, 0.3) is 0 Å². The number of hydrogen-bond donors (Lipinski definition) is 1. The van der Waals surface area contributed by atoms with E-state index in [2.05, 4.69) is 0 Å². The van der Waals surface area contributed by atoms with Crippen molar-refractivity contribution in [3.8, 4) is 0 Å². The first-order valence-electron chi connectivity index (χ1n) is 7.41. The number of ether oxygens (including phenoxy) is 1. The molecule has 3 rings (SSSR count). The standard InChI is InChI=1S/C19H16O4/c20-18(21)15-12-17(14-9-5-2-6-10-14)23-19(22)16(15)11-13-7-3-1-4-8-13/h1-10,12,15-16H,11H2,(H,20,21). The summed E-state index contributed by atoms with van der Waals surface area (Å²) in [5.74, 6) is -2.82. The van der Waals surface area contributed by atoms with Crippen molar-refractivity contribution in [1.82, 2.24) is 0 Å². The van der Waals surface area contributed by atoms with Crippen LogP contribution in [0.15, 0.2) is 66.7 Å². The molecule has 0 radical (unpaired) electrons. The summed E-state index contributed by atoms with van der Waals surface area (Å²) in [6.07, 6.45) is 1.88. The Kier molecular flexibility index (Phi) is 4.24. The molecule has 2 unspecified atom stereocenters. The van der Waals surface area contributed by atoms with Crippen molar-refractivity contribution >= 4 is 17.7 Å². The lowest BCUT2D eigenvalue weighted by Gasteiger charge is -2.26. The number of rotatable bonds is 4. The molecule has 1 aliphatic rings. The third-order valence-electron chi connectivity index (χ3n) is 3.92. The molecule has 1 aliphatic heterocycles. The van der Waals surface area contributed by atoms with Crippen LogP contribution in [0.5, 0.6) is 0 Å². The Morgan fingerprint density at radius 1 is 1.00 bits per heavy atom. The normalized spacial score (nSPS) is 20.5. The number of carbonyl (C=O) groups is 2. The molecule has 23 heavy (non-hydrogen) atoms. The molecular weight excluding hydrogens is 292 g/mol. The SMILES string of the molecule is O=C(O)C1C=C(c2ccccc2)OC(=O)C1Cc1ccccc1. The Labute approximate surface area is 134 Å². The van der Waals surface area contributed by atoms with E-state index in [0.717, 1.165) is 5.56 Å². The second-order valence-electron chi connectivity index (χ2n) is 5.48. The fourth-order valence-corrected chi connectivity index (χ4v) is 2.72. The summed E-state index contributed by atoms with van der Waals surface area (Å²) < 4.78 is 5.40. The van der Waals surface area contributed by atoms with Gasteiger partial charge in [0.2, 0.25) is 0 Å². The molecule has 0 spiro atoms. The lowest BCUT2D eigenvalue weighted by Crippen LogP contribution is -2.35. The van der Waals surface area contributed by atoms with Gasteiger partial charge in [0.15, 0.2) is 0 Å². The van der Waals surface area contributed by atoms with E-state index in [4.69, 9.17) is 4.74 Å². The van der Waals surface area contributed by atoms with Crippen LogP contribution in [0.1, 0.15) is 11.1 Å². The van der Waals surface area contributed by atoms with Crippen LogP contribution in [-0.2, 0) is 20.7 Å². The number of hydrogen-bond acceptors (Lipinski definition) is 3. The Morgan fingerprint density at radius 3 is 2.22 bits per heavy atom. The molecule has 1 N–H and O–H groups in total. The van der Waals surface area contributed by atoms with Crippen molar-refractivity contribution in [1.29, 1.82) is 0 Å². The summed E-state index contributed by atoms with van der Waals surface area (Å²) in [6.45, 7) is 0. The number of carboxylic acid groups (broad SMARTS) is 1. The average molecular weight is 308 g/mol. The van der Waals surface area contributed by atoms with Crippen LogP contribution in [0.25, 0.3) is 5.76 Å². The predicted octanol–water partition coefficient (Wildman–Crippen LogP) is 3.14. The van der Waals surface area contributed by atoms with Crippen LogP contribution in [-0.4, -0.2) is 17.0 Å². The van der Waals surface area contributed by atoms with Gasteiger partial charge in [0, 0.05) is 5.56 Å². The van der Waals surface area contributed by atoms with Gasteiger partial charge in [0.05, 0.1) is 11.8 Å². The van der Waals surface area contributed by atoms with Crippen molar-refractivity contribution in [3.05, 3.63) is 77.9 Å². The van der Waals surface area contributed by atoms with E-state index >= 15 is 0 Å². The van der Waals surface area contributed by atoms with E-state index in [1.165, 1.54) is 6.08 Å². The molecule has 0 amide bonds. The summed E-state index contributed by atoms with van der Waals surface area (Å²) in [7, 11) is 0. The summed E-state index contributed by atoms with van der Waals surface area (Å²) in [5, 5.41) is 9.52. The minimum absolute atomic E-state index is 0.312. The number of carbonyl (C=O) groups excluding carboxylic acids is 1. The highest BCUT2D eigenvalue weighted by molar-refractivity contribution is 5.90. The number of esters is 1. The molecule has 2 atom stereocenters. The van der Waals surface area contributed by atoms with Gasteiger partial charge in [-0.3, -0.25) is 9.59 Å². The number of cyclic esters (lactones) is 1. The summed E-state index contributed by atoms with van der Waals surface area (Å²) >= 11 is 0. The first-order valence-corrected chi connectivity index (χ1v) is 7.41. The van der Waals surface area contributed by atoms with Gasteiger partial charge in [-0.15, -0.1) is 0 Å². The maximum Gasteiger partial charge on any atom is 0.315 e. The van der Waals surface area contributed by atoms with E-state index < -0.39 is 23.8 Å². The highest BCUT2D eigenvalue weighted by Crippen LogP contribution is 2.32. The predicted molar refractivity (Wildman–Crippen MR) is 85.3 cm³/mol. The van der Waals surface area contributed by atoms with Crippen molar-refractivity contribution in [2.45, 2.75) is 6.42 Å². The minimum atomic E-state index is -1.02. The van der Waals surface area contributed by atoms with Crippen LogP contribution in [0.4, 0.5) is 0 Å². The number of carboxylic acids is 1. The topological polar surface area (TPSA) is 63.6 Å². The molecule has 116 valence electrons. The zero-order chi connectivity index (χ0) is 16.2. The van der Waals surface area contributed by atoms with Crippen LogP contribution < -0.4 is 0 Å². The number of aliphatic carboxylic acids is 1. The van der Waals surface area contributed by atoms with E-state index in [1.807, 2.05) is 48.5 Å². The van der Waals surface area contributed by atoms with E-state index in [0.29, 0.717) is 17.7 Å². The van der Waals surface area contributed by atoms with E-state index in [1.54, 1.807) is 12.1 Å². The molecule has 0 bridgehead atoms. The average Bonchev–Trinajstić information content (AvgIpc) is 2.58. The van der Waals surface area contributed by atoms with Crippen LogP contribution in [0.2, 0.25) is 0 Å². The Morgan fingerprint density at radius 2 is 1.61 bits per heavy atom. The van der Waals surface area contributed by atoms with Gasteiger partial charge in [0.1, 0.15) is 5.76 Å². The largest absolute Gasteiger partial charge is 0.481 e. The molecule has 4 nitrogen and oxygen atoms in total. The summed E-state index contributed by atoms with van der Waals surface area (Å²) in [6, 6.07) is 18.4. The molecule has 2 aromatic rings. The molecular formula is C19H16O4. The lowest BCUT2D eigenvalue weighted by molar-refractivity contribution is -0.153. The van der Waals surface area contributed by atoms with Gasteiger partial charge < -0.3 is 9.84 Å². The zero-order valence-electron chi connectivity index (χ0n) is 12.4. The minimum Gasteiger partial charge on any atom is -0.481 e.